The van der Waals surface area contributed by atoms with Gasteiger partial charge in [-0.3, -0.25) is 4.98 Å². The van der Waals surface area contributed by atoms with Crippen molar-refractivity contribution in [2.45, 2.75) is 6.42 Å². The minimum absolute atomic E-state index is 0.214. The fourth-order valence-corrected chi connectivity index (χ4v) is 3.88. The van der Waals surface area contributed by atoms with Crippen molar-refractivity contribution in [1.82, 2.24) is 4.98 Å². The Morgan fingerprint density at radius 2 is 2.00 bits per heavy atom. The summed E-state index contributed by atoms with van der Waals surface area (Å²) >= 11 is 0. The van der Waals surface area contributed by atoms with E-state index in [0.717, 1.165) is 23.1 Å². The van der Waals surface area contributed by atoms with E-state index in [1.54, 1.807) is 6.20 Å². The number of nitrogens with two attached hydrogens (primary N) is 1. The molecule has 1 aliphatic rings. The molecule has 2 N–H and O–H groups in total. The number of aromatic nitrogens is 1. The van der Waals surface area contributed by atoms with Crippen LogP contribution in [0.25, 0.3) is 10.9 Å². The third kappa shape index (κ3) is 2.56. The Kier molecular flexibility index (Phi) is 3.25. The largest absolute Gasteiger partial charge is 0.399 e. The topological polar surface area (TPSA) is 76.3 Å². The van der Waals surface area contributed by atoms with E-state index in [0.29, 0.717) is 18.7 Å². The number of anilines is 2. The number of hydrogen-bond donors (Lipinski definition) is 1. The molecule has 0 spiro atoms. The first-order valence-corrected chi connectivity index (χ1v) is 8.47. The number of fused-ring (bicyclic) bond motifs is 1. The average molecular weight is 291 g/mol. The highest BCUT2D eigenvalue weighted by Gasteiger charge is 2.20. The van der Waals surface area contributed by atoms with Crippen LogP contribution in [0.1, 0.15) is 6.42 Å². The van der Waals surface area contributed by atoms with Crippen molar-refractivity contribution in [2.24, 2.45) is 0 Å². The molecule has 0 saturated carbocycles. The van der Waals surface area contributed by atoms with Gasteiger partial charge in [0.25, 0.3) is 0 Å². The molecule has 0 unspecified atom stereocenters. The maximum absolute atomic E-state index is 11.7. The van der Waals surface area contributed by atoms with E-state index in [9.17, 15) is 8.42 Å². The molecule has 0 radical (unpaired) electrons. The second-order valence-corrected chi connectivity index (χ2v) is 7.40. The van der Waals surface area contributed by atoms with Crippen LogP contribution in [-0.4, -0.2) is 38.0 Å². The Balaban J connectivity index is 2.01. The molecule has 3 rings (SSSR count). The highest BCUT2D eigenvalue weighted by molar-refractivity contribution is 7.91. The molecule has 1 saturated heterocycles. The molecular weight excluding hydrogens is 274 g/mol. The van der Waals surface area contributed by atoms with Crippen molar-refractivity contribution in [3.05, 3.63) is 30.5 Å². The third-order valence-corrected chi connectivity index (χ3v) is 5.36. The molecule has 0 amide bonds. The monoisotopic (exact) mass is 291 g/mol. The molecule has 6 heteroatoms. The van der Waals surface area contributed by atoms with E-state index >= 15 is 0 Å². The zero-order valence-electron chi connectivity index (χ0n) is 11.1. The van der Waals surface area contributed by atoms with E-state index in [1.165, 1.54) is 0 Å². The van der Waals surface area contributed by atoms with Gasteiger partial charge in [-0.15, -0.1) is 0 Å². The van der Waals surface area contributed by atoms with Crippen LogP contribution in [0.4, 0.5) is 11.4 Å². The minimum Gasteiger partial charge on any atom is -0.399 e. The van der Waals surface area contributed by atoms with Gasteiger partial charge in [0.2, 0.25) is 0 Å². The van der Waals surface area contributed by atoms with Crippen LogP contribution >= 0.6 is 0 Å². The Bertz CT molecular complexity index is 743. The summed E-state index contributed by atoms with van der Waals surface area (Å²) in [5.41, 5.74) is 8.34. The molecule has 0 bridgehead atoms. The predicted molar refractivity (Wildman–Crippen MR) is 81.6 cm³/mol. The molecule has 0 atom stereocenters. The van der Waals surface area contributed by atoms with Crippen LogP contribution in [0.5, 0.6) is 0 Å². The first-order chi connectivity index (χ1) is 9.55. The zero-order valence-corrected chi connectivity index (χ0v) is 11.9. The predicted octanol–water partition coefficient (Wildman–Crippen LogP) is 1.44. The van der Waals surface area contributed by atoms with Crippen LogP contribution in [0.15, 0.2) is 30.5 Å². The lowest BCUT2D eigenvalue weighted by Gasteiger charge is -2.23. The average Bonchev–Trinajstić information content (AvgIpc) is 2.59. The zero-order chi connectivity index (χ0) is 14.2. The molecule has 2 heterocycles. The first kappa shape index (κ1) is 13.2. The summed E-state index contributed by atoms with van der Waals surface area (Å²) in [5, 5.41) is 1.01. The Morgan fingerprint density at radius 1 is 1.15 bits per heavy atom. The van der Waals surface area contributed by atoms with E-state index in [-0.39, 0.29) is 11.5 Å². The van der Waals surface area contributed by atoms with Crippen LogP contribution in [0.3, 0.4) is 0 Å². The molecule has 0 aliphatic carbocycles. The number of rotatable bonds is 1. The van der Waals surface area contributed by atoms with Crippen molar-refractivity contribution in [1.29, 1.82) is 0 Å². The van der Waals surface area contributed by atoms with E-state index in [2.05, 4.69) is 9.88 Å². The van der Waals surface area contributed by atoms with Gasteiger partial charge in [0.15, 0.2) is 9.84 Å². The third-order valence-electron chi connectivity index (χ3n) is 3.64. The summed E-state index contributed by atoms with van der Waals surface area (Å²) in [6.07, 6.45) is 2.41. The van der Waals surface area contributed by atoms with Crippen molar-refractivity contribution in [3.8, 4) is 0 Å². The molecule has 1 aromatic carbocycles. The number of hydrogen-bond acceptors (Lipinski definition) is 5. The van der Waals surface area contributed by atoms with Gasteiger partial charge in [0.05, 0.1) is 17.0 Å². The Hall–Kier alpha value is -1.82. The highest BCUT2D eigenvalue weighted by Crippen LogP contribution is 2.27. The summed E-state index contributed by atoms with van der Waals surface area (Å²) in [7, 11) is -2.90. The van der Waals surface area contributed by atoms with Gasteiger partial charge in [0, 0.05) is 36.0 Å². The van der Waals surface area contributed by atoms with Gasteiger partial charge in [-0.25, -0.2) is 8.42 Å². The van der Waals surface area contributed by atoms with E-state index in [4.69, 9.17) is 5.73 Å². The molecular formula is C14H17N3O2S. The quantitative estimate of drug-likeness (QED) is 0.805. The van der Waals surface area contributed by atoms with Crippen molar-refractivity contribution >= 4 is 32.1 Å². The summed E-state index contributed by atoms with van der Waals surface area (Å²) in [6, 6.07) is 7.58. The maximum Gasteiger partial charge on any atom is 0.152 e. The van der Waals surface area contributed by atoms with Crippen LogP contribution in [-0.2, 0) is 9.84 Å². The minimum atomic E-state index is -2.90. The number of benzene rings is 1. The Labute approximate surface area is 118 Å². The van der Waals surface area contributed by atoms with E-state index < -0.39 is 9.84 Å². The van der Waals surface area contributed by atoms with Gasteiger partial charge in [0.1, 0.15) is 0 Å². The number of sulfone groups is 1. The summed E-state index contributed by atoms with van der Waals surface area (Å²) in [5.74, 6) is 0.491. The van der Waals surface area contributed by atoms with Gasteiger partial charge in [-0.05, 0) is 30.7 Å². The highest BCUT2D eigenvalue weighted by atomic mass is 32.2. The number of pyridine rings is 1. The smallest absolute Gasteiger partial charge is 0.152 e. The van der Waals surface area contributed by atoms with Gasteiger partial charge < -0.3 is 10.6 Å². The normalized spacial score (nSPS) is 18.9. The standard InChI is InChI=1S/C14H17N3O2S/c15-11-2-3-12-13(10-11)16-5-4-14(12)17-6-1-8-20(18,19)9-7-17/h2-5,10H,1,6-9,15H2. The fourth-order valence-electron chi connectivity index (χ4n) is 2.61. The van der Waals surface area contributed by atoms with Crippen molar-refractivity contribution < 1.29 is 8.42 Å². The molecule has 1 fully saturated rings. The van der Waals surface area contributed by atoms with Crippen LogP contribution < -0.4 is 10.6 Å². The van der Waals surface area contributed by atoms with Gasteiger partial charge in [-0.2, -0.15) is 0 Å². The van der Waals surface area contributed by atoms with Crippen LogP contribution in [0, 0.1) is 0 Å². The Morgan fingerprint density at radius 3 is 2.85 bits per heavy atom. The molecule has 106 valence electrons. The number of nitrogen functional groups attached to an aromatic ring is 1. The van der Waals surface area contributed by atoms with Crippen molar-refractivity contribution in [2.75, 3.05) is 35.2 Å². The summed E-state index contributed by atoms with van der Waals surface area (Å²) < 4.78 is 23.4. The first-order valence-electron chi connectivity index (χ1n) is 6.65. The SMILES string of the molecule is Nc1ccc2c(N3CCCS(=O)(=O)CC3)ccnc2c1. The molecule has 1 aromatic heterocycles. The summed E-state index contributed by atoms with van der Waals surface area (Å²) in [6.45, 7) is 1.29. The van der Waals surface area contributed by atoms with Crippen molar-refractivity contribution in [3.63, 3.8) is 0 Å². The second kappa shape index (κ2) is 4.94. The molecule has 1 aliphatic heterocycles. The van der Waals surface area contributed by atoms with E-state index in [1.807, 2.05) is 24.3 Å². The molecule has 5 nitrogen and oxygen atoms in total. The molecule has 2 aromatic rings. The van der Waals surface area contributed by atoms with Gasteiger partial charge >= 0.3 is 0 Å². The fraction of sp³-hybridized carbons (Fsp3) is 0.357. The summed E-state index contributed by atoms with van der Waals surface area (Å²) in [4.78, 5) is 6.45. The lowest BCUT2D eigenvalue weighted by Crippen LogP contribution is -2.26. The van der Waals surface area contributed by atoms with Gasteiger partial charge in [-0.1, -0.05) is 0 Å². The second-order valence-electron chi connectivity index (χ2n) is 5.10. The maximum atomic E-state index is 11.7. The number of nitrogens with zero attached hydrogens (tertiary/aromatic N) is 2. The lowest BCUT2D eigenvalue weighted by molar-refractivity contribution is 0.597. The molecule has 20 heavy (non-hydrogen) atoms. The lowest BCUT2D eigenvalue weighted by atomic mass is 10.1. The van der Waals surface area contributed by atoms with Crippen LogP contribution in [0.2, 0.25) is 0 Å².